The van der Waals surface area contributed by atoms with Gasteiger partial charge in [0.15, 0.2) is 0 Å². The van der Waals surface area contributed by atoms with Gasteiger partial charge >= 0.3 is 0 Å². The third kappa shape index (κ3) is 5.78. The van der Waals surface area contributed by atoms with Crippen molar-refractivity contribution in [1.29, 1.82) is 0 Å². The van der Waals surface area contributed by atoms with Crippen LogP contribution in [0.15, 0.2) is 48.8 Å². The van der Waals surface area contributed by atoms with E-state index in [1.165, 1.54) is 16.7 Å². The van der Waals surface area contributed by atoms with E-state index in [0.29, 0.717) is 6.42 Å². The summed E-state index contributed by atoms with van der Waals surface area (Å²) in [6, 6.07) is 12.3. The second kappa shape index (κ2) is 8.20. The van der Waals surface area contributed by atoms with Gasteiger partial charge in [0.05, 0.1) is 0 Å². The van der Waals surface area contributed by atoms with E-state index in [0.717, 1.165) is 25.8 Å². The second-order valence-electron chi connectivity index (χ2n) is 5.30. The lowest BCUT2D eigenvalue weighted by Crippen LogP contribution is -2.25. The summed E-state index contributed by atoms with van der Waals surface area (Å²) in [5.74, 6) is 0.127. The summed E-state index contributed by atoms with van der Waals surface area (Å²) in [5, 5.41) is 2.98. The first-order valence-corrected chi connectivity index (χ1v) is 7.45. The van der Waals surface area contributed by atoms with E-state index < -0.39 is 0 Å². The maximum absolute atomic E-state index is 11.8. The molecule has 0 aliphatic rings. The number of aryl methyl sites for hydroxylation is 3. The van der Waals surface area contributed by atoms with Gasteiger partial charge in [-0.15, -0.1) is 0 Å². The smallest absolute Gasteiger partial charge is 0.220 e. The van der Waals surface area contributed by atoms with Crippen molar-refractivity contribution < 1.29 is 4.79 Å². The monoisotopic (exact) mass is 282 g/mol. The maximum Gasteiger partial charge on any atom is 0.220 e. The second-order valence-corrected chi connectivity index (χ2v) is 5.30. The first-order valence-electron chi connectivity index (χ1n) is 7.45. The molecule has 110 valence electrons. The Hall–Kier alpha value is -2.16. The predicted molar refractivity (Wildman–Crippen MR) is 85.1 cm³/mol. The number of carbonyl (C=O) groups excluding carboxylic acids is 1. The zero-order valence-electron chi connectivity index (χ0n) is 12.5. The maximum atomic E-state index is 11.8. The zero-order valence-corrected chi connectivity index (χ0v) is 12.5. The van der Waals surface area contributed by atoms with Gasteiger partial charge in [0.25, 0.3) is 0 Å². The average molecular weight is 282 g/mol. The molecular formula is C18H22N2O. The van der Waals surface area contributed by atoms with Gasteiger partial charge in [-0.1, -0.05) is 35.9 Å². The lowest BCUT2D eigenvalue weighted by Gasteiger charge is -2.06. The van der Waals surface area contributed by atoms with Crippen LogP contribution >= 0.6 is 0 Å². The van der Waals surface area contributed by atoms with E-state index >= 15 is 0 Å². The van der Waals surface area contributed by atoms with Gasteiger partial charge in [-0.2, -0.15) is 0 Å². The molecule has 0 radical (unpaired) electrons. The quantitative estimate of drug-likeness (QED) is 0.793. The Labute approximate surface area is 126 Å². The lowest BCUT2D eigenvalue weighted by atomic mass is 10.1. The number of amides is 1. The minimum absolute atomic E-state index is 0.127. The summed E-state index contributed by atoms with van der Waals surface area (Å²) in [5.41, 5.74) is 3.68. The predicted octanol–water partition coefficient (Wildman–Crippen LogP) is 3.07. The Bertz CT molecular complexity index is 566. The molecule has 1 aromatic carbocycles. The Balaban J connectivity index is 1.62. The molecule has 0 spiro atoms. The first-order chi connectivity index (χ1) is 10.2. The van der Waals surface area contributed by atoms with E-state index in [-0.39, 0.29) is 5.91 Å². The van der Waals surface area contributed by atoms with Gasteiger partial charge in [0.1, 0.15) is 0 Å². The van der Waals surface area contributed by atoms with Crippen LogP contribution in [-0.4, -0.2) is 17.4 Å². The van der Waals surface area contributed by atoms with Crippen LogP contribution in [0.1, 0.15) is 29.5 Å². The highest BCUT2D eigenvalue weighted by molar-refractivity contribution is 5.76. The van der Waals surface area contributed by atoms with Crippen LogP contribution in [0.2, 0.25) is 0 Å². The highest BCUT2D eigenvalue weighted by atomic mass is 16.1. The van der Waals surface area contributed by atoms with E-state index in [2.05, 4.69) is 41.5 Å². The molecule has 1 amide bonds. The fraction of sp³-hybridized carbons (Fsp3) is 0.333. The minimum atomic E-state index is 0.127. The normalized spacial score (nSPS) is 10.3. The molecule has 0 fully saturated rings. The number of nitrogens with one attached hydrogen (secondary N) is 1. The standard InChI is InChI=1S/C18H22N2O/c1-15-5-2-6-16(13-15)9-10-18(21)20-12-4-8-17-7-3-11-19-14-17/h2-3,5-7,11,13-14H,4,8-10,12H2,1H3,(H,20,21). The molecule has 1 N–H and O–H groups in total. The third-order valence-corrected chi connectivity index (χ3v) is 3.41. The molecule has 21 heavy (non-hydrogen) atoms. The summed E-state index contributed by atoms with van der Waals surface area (Å²) in [6.45, 7) is 2.80. The Morgan fingerprint density at radius 3 is 2.76 bits per heavy atom. The molecule has 1 heterocycles. The number of hydrogen-bond donors (Lipinski definition) is 1. The number of hydrogen-bond acceptors (Lipinski definition) is 2. The Morgan fingerprint density at radius 1 is 1.14 bits per heavy atom. The molecule has 2 rings (SSSR count). The highest BCUT2D eigenvalue weighted by Gasteiger charge is 2.02. The number of nitrogens with zero attached hydrogens (tertiary/aromatic N) is 1. The Kier molecular flexibility index (Phi) is 5.95. The van der Waals surface area contributed by atoms with Gasteiger partial charge in [0, 0.05) is 25.4 Å². The summed E-state index contributed by atoms with van der Waals surface area (Å²) in [4.78, 5) is 15.9. The van der Waals surface area contributed by atoms with Crippen LogP contribution in [0.3, 0.4) is 0 Å². The average Bonchev–Trinajstić information content (AvgIpc) is 2.51. The topological polar surface area (TPSA) is 42.0 Å². The van der Waals surface area contributed by atoms with Crippen LogP contribution in [0.5, 0.6) is 0 Å². The minimum Gasteiger partial charge on any atom is -0.356 e. The van der Waals surface area contributed by atoms with Crippen molar-refractivity contribution in [3.05, 3.63) is 65.5 Å². The number of carbonyl (C=O) groups is 1. The van der Waals surface area contributed by atoms with Crippen LogP contribution in [-0.2, 0) is 17.6 Å². The van der Waals surface area contributed by atoms with E-state index in [9.17, 15) is 4.79 Å². The van der Waals surface area contributed by atoms with Crippen LogP contribution < -0.4 is 5.32 Å². The molecule has 0 saturated carbocycles. The van der Waals surface area contributed by atoms with Crippen LogP contribution in [0.4, 0.5) is 0 Å². The van der Waals surface area contributed by atoms with Gasteiger partial charge in [-0.05, 0) is 43.4 Å². The van der Waals surface area contributed by atoms with Crippen molar-refractivity contribution in [3.8, 4) is 0 Å². The summed E-state index contributed by atoms with van der Waals surface area (Å²) in [6.07, 6.45) is 6.90. The van der Waals surface area contributed by atoms with Gasteiger partial charge in [0.2, 0.25) is 5.91 Å². The fourth-order valence-electron chi connectivity index (χ4n) is 2.28. The fourth-order valence-corrected chi connectivity index (χ4v) is 2.28. The molecule has 3 nitrogen and oxygen atoms in total. The van der Waals surface area contributed by atoms with Crippen molar-refractivity contribution in [3.63, 3.8) is 0 Å². The molecule has 1 aromatic heterocycles. The summed E-state index contributed by atoms with van der Waals surface area (Å²) in [7, 11) is 0. The first kappa shape index (κ1) is 15.2. The SMILES string of the molecule is Cc1cccc(CCC(=O)NCCCc2cccnc2)c1. The molecule has 0 unspecified atom stereocenters. The van der Waals surface area contributed by atoms with Crippen molar-refractivity contribution in [2.45, 2.75) is 32.6 Å². The third-order valence-electron chi connectivity index (χ3n) is 3.41. The number of pyridine rings is 1. The Morgan fingerprint density at radius 2 is 2.00 bits per heavy atom. The summed E-state index contributed by atoms with van der Waals surface area (Å²) >= 11 is 0. The molecule has 3 heteroatoms. The van der Waals surface area contributed by atoms with Gasteiger partial charge < -0.3 is 5.32 Å². The molecular weight excluding hydrogens is 260 g/mol. The summed E-state index contributed by atoms with van der Waals surface area (Å²) < 4.78 is 0. The van der Waals surface area contributed by atoms with Crippen LogP contribution in [0, 0.1) is 6.92 Å². The zero-order chi connectivity index (χ0) is 14.9. The van der Waals surface area contributed by atoms with Crippen molar-refractivity contribution >= 4 is 5.91 Å². The highest BCUT2D eigenvalue weighted by Crippen LogP contribution is 2.06. The lowest BCUT2D eigenvalue weighted by molar-refractivity contribution is -0.121. The van der Waals surface area contributed by atoms with E-state index in [1.807, 2.05) is 18.3 Å². The van der Waals surface area contributed by atoms with Gasteiger partial charge in [-0.3, -0.25) is 9.78 Å². The molecule has 0 aliphatic carbocycles. The van der Waals surface area contributed by atoms with Crippen molar-refractivity contribution in [2.75, 3.05) is 6.54 Å². The number of aromatic nitrogens is 1. The molecule has 0 aliphatic heterocycles. The number of rotatable bonds is 7. The van der Waals surface area contributed by atoms with Crippen LogP contribution in [0.25, 0.3) is 0 Å². The van der Waals surface area contributed by atoms with Crippen molar-refractivity contribution in [2.24, 2.45) is 0 Å². The molecule has 0 saturated heterocycles. The largest absolute Gasteiger partial charge is 0.356 e. The molecule has 2 aromatic rings. The van der Waals surface area contributed by atoms with Gasteiger partial charge in [-0.25, -0.2) is 0 Å². The number of benzene rings is 1. The van der Waals surface area contributed by atoms with E-state index in [4.69, 9.17) is 0 Å². The van der Waals surface area contributed by atoms with Crippen molar-refractivity contribution in [1.82, 2.24) is 10.3 Å². The van der Waals surface area contributed by atoms with E-state index in [1.54, 1.807) is 6.20 Å². The molecule has 0 bridgehead atoms. The molecule has 0 atom stereocenters.